The summed E-state index contributed by atoms with van der Waals surface area (Å²) in [7, 11) is -5.71. The van der Waals surface area contributed by atoms with Gasteiger partial charge in [0, 0.05) is 31.7 Å². The van der Waals surface area contributed by atoms with Crippen molar-refractivity contribution in [1.82, 2.24) is 54.7 Å². The Morgan fingerprint density at radius 1 is 0.663 bits per heavy atom. The van der Waals surface area contributed by atoms with Gasteiger partial charge in [-0.3, -0.25) is 0 Å². The molecule has 3 amide bonds. The van der Waals surface area contributed by atoms with Gasteiger partial charge in [-0.25, -0.2) is 40.9 Å². The number of aromatic amines is 1. The van der Waals surface area contributed by atoms with Crippen LogP contribution in [0.25, 0.3) is 33.8 Å². The van der Waals surface area contributed by atoms with E-state index in [1.807, 2.05) is 6.07 Å². The second-order valence-electron chi connectivity index (χ2n) is 22.9. The highest BCUT2D eigenvalue weighted by molar-refractivity contribution is 7.92. The minimum atomic E-state index is -5.15. The number of nitrogens with one attached hydrogen (secondary N) is 4. The first-order chi connectivity index (χ1) is 42.4. The van der Waals surface area contributed by atoms with E-state index in [0.29, 0.717) is 56.6 Å². The Hall–Kier alpha value is -9.37. The Morgan fingerprint density at radius 3 is 1.84 bits per heavy atom. The van der Waals surface area contributed by atoms with Gasteiger partial charge in [-0.15, -0.1) is 10.2 Å². The molecule has 9 rings (SSSR count). The van der Waals surface area contributed by atoms with Crippen molar-refractivity contribution in [3.8, 4) is 51.0 Å². The molecule has 0 unspecified atom stereocenters. The molecule has 26 heteroatoms. The minimum absolute atomic E-state index is 0.000391. The molecule has 2 atom stereocenters. The Bertz CT molecular complexity index is 3950. The maximum absolute atomic E-state index is 16.7. The number of carbonyl (C=O) groups is 3. The van der Waals surface area contributed by atoms with E-state index in [1.54, 1.807) is 176 Å². The van der Waals surface area contributed by atoms with Crippen LogP contribution in [0, 0.1) is 0 Å². The molecule has 0 radical (unpaired) electrons. The average molecular weight is 1250 g/mol. The number of hydrogen-bond donors (Lipinski definition) is 4. The number of likely N-dealkylation sites (tertiary alicyclic amines) is 1. The largest absolute Gasteiger partial charge is 0.497 e. The lowest BCUT2D eigenvalue weighted by Crippen LogP contribution is -2.51. The van der Waals surface area contributed by atoms with E-state index in [1.165, 1.54) is 36.0 Å². The highest BCUT2D eigenvalue weighted by atomic mass is 32.2. The lowest BCUT2D eigenvalue weighted by Gasteiger charge is -2.27. The number of nitrogens with zero attached hydrogens (tertiary/aromatic N) is 7. The van der Waals surface area contributed by atoms with Gasteiger partial charge in [-0.1, -0.05) is 91.0 Å². The number of ether oxygens (including phenoxy) is 6. The predicted octanol–water partition coefficient (Wildman–Crippen LogP) is 9.08. The van der Waals surface area contributed by atoms with Gasteiger partial charge in [0.25, 0.3) is 0 Å². The molecule has 1 fully saturated rings. The number of carbonyl (C=O) groups excluding carboxylic acids is 3. The lowest BCUT2D eigenvalue weighted by molar-refractivity contribution is 0.0287. The van der Waals surface area contributed by atoms with Crippen molar-refractivity contribution in [2.75, 3.05) is 34.4 Å². The molecule has 468 valence electrons. The summed E-state index contributed by atoms with van der Waals surface area (Å²) >= 11 is 0. The van der Waals surface area contributed by atoms with E-state index in [9.17, 15) is 14.4 Å². The first kappa shape index (κ1) is 64.1. The summed E-state index contributed by atoms with van der Waals surface area (Å²) in [6.07, 6.45) is -0.767. The number of benzene rings is 6. The molecular weight excluding hydrogens is 1180 g/mol. The summed E-state index contributed by atoms with van der Waals surface area (Å²) in [5, 5.41) is 19.2. The monoisotopic (exact) mass is 1250 g/mol. The SMILES string of the molecule is COc1ccc(CN(Cc2ccc(OC)cc2)S(=O)(=O)c2c(S(=O)(=O)N[C@H]3CN(C(=O)OC(C)(C)C)C[C@@H]3NC(=O)OCc3ccccc3)ccc(-c3cccc(-c4cnc(CNC(=O)OC(C)(C)C)[nH]4)c3)c2-c2nnn(Cc3ccc(OC)cc3)n2)cc1. The second kappa shape index (κ2) is 27.3. The zero-order valence-corrected chi connectivity index (χ0v) is 52.3. The predicted molar refractivity (Wildman–Crippen MR) is 329 cm³/mol. The highest BCUT2D eigenvalue weighted by Crippen LogP contribution is 2.42. The molecule has 1 aliphatic heterocycles. The maximum Gasteiger partial charge on any atom is 0.410 e. The molecule has 4 N–H and O–H groups in total. The third kappa shape index (κ3) is 16.6. The number of imidazole rings is 1. The fourth-order valence-electron chi connectivity index (χ4n) is 9.67. The van der Waals surface area contributed by atoms with Crippen molar-refractivity contribution in [3.05, 3.63) is 174 Å². The van der Waals surface area contributed by atoms with E-state index in [2.05, 4.69) is 35.6 Å². The second-order valence-corrected chi connectivity index (χ2v) is 26.4. The van der Waals surface area contributed by atoms with Crippen LogP contribution in [0.5, 0.6) is 17.2 Å². The molecule has 0 saturated carbocycles. The van der Waals surface area contributed by atoms with Crippen LogP contribution >= 0.6 is 0 Å². The quantitative estimate of drug-likeness (QED) is 0.0460. The van der Waals surface area contributed by atoms with Crippen LogP contribution in [0.2, 0.25) is 0 Å². The molecule has 1 saturated heterocycles. The summed E-state index contributed by atoms with van der Waals surface area (Å²) in [5.74, 6) is 1.76. The molecule has 2 aromatic heterocycles. The number of alkyl carbamates (subject to hydrolysis) is 2. The van der Waals surface area contributed by atoms with Crippen LogP contribution in [0.1, 0.15) is 69.6 Å². The van der Waals surface area contributed by atoms with E-state index >= 15 is 16.8 Å². The first-order valence-electron chi connectivity index (χ1n) is 28.3. The molecule has 0 spiro atoms. The smallest absolute Gasteiger partial charge is 0.410 e. The van der Waals surface area contributed by atoms with Gasteiger partial charge in [0.15, 0.2) is 0 Å². The zero-order valence-electron chi connectivity index (χ0n) is 50.7. The van der Waals surface area contributed by atoms with Crippen molar-refractivity contribution in [1.29, 1.82) is 0 Å². The summed E-state index contributed by atoms with van der Waals surface area (Å²) in [6, 6.07) is 36.8. The third-order valence-electron chi connectivity index (χ3n) is 13.9. The Labute approximate surface area is 516 Å². The molecule has 8 aromatic rings. The fourth-order valence-corrected chi connectivity index (χ4v) is 13.4. The van der Waals surface area contributed by atoms with Gasteiger partial charge in [-0.05, 0) is 129 Å². The average Bonchev–Trinajstić information content (AvgIpc) is 1.49. The number of rotatable bonds is 22. The highest BCUT2D eigenvalue weighted by Gasteiger charge is 2.44. The van der Waals surface area contributed by atoms with E-state index < -0.39 is 71.4 Å². The van der Waals surface area contributed by atoms with Crippen LogP contribution in [0.3, 0.4) is 0 Å². The van der Waals surface area contributed by atoms with Gasteiger partial charge in [0.2, 0.25) is 25.9 Å². The Kier molecular flexibility index (Phi) is 19.7. The molecule has 1 aliphatic rings. The van der Waals surface area contributed by atoms with Crippen LogP contribution in [0.4, 0.5) is 14.4 Å². The summed E-state index contributed by atoms with van der Waals surface area (Å²) in [4.78, 5) is 48.7. The molecule has 0 bridgehead atoms. The van der Waals surface area contributed by atoms with Crippen LogP contribution in [-0.2, 0) is 67.0 Å². The molecule has 24 nitrogen and oxygen atoms in total. The van der Waals surface area contributed by atoms with Crippen LogP contribution in [-0.4, -0.2) is 132 Å². The molecule has 89 heavy (non-hydrogen) atoms. The van der Waals surface area contributed by atoms with Crippen molar-refractivity contribution < 1.29 is 59.6 Å². The van der Waals surface area contributed by atoms with Gasteiger partial charge in [0.05, 0.1) is 64.0 Å². The topological polar surface area (TPSA) is 290 Å². The van der Waals surface area contributed by atoms with Gasteiger partial charge >= 0.3 is 18.3 Å². The number of hydrogen-bond acceptors (Lipinski definition) is 17. The third-order valence-corrected chi connectivity index (χ3v) is 17.5. The Morgan fingerprint density at radius 2 is 1.25 bits per heavy atom. The van der Waals surface area contributed by atoms with Crippen LogP contribution in [0.15, 0.2) is 156 Å². The Balaban J connectivity index is 1.23. The molecule has 6 aromatic carbocycles. The number of tetrazole rings is 1. The normalized spacial score (nSPS) is 14.5. The fraction of sp³-hybridized carbons (Fsp3) is 0.317. The summed E-state index contributed by atoms with van der Waals surface area (Å²) in [5.41, 5.74) is 2.16. The summed E-state index contributed by atoms with van der Waals surface area (Å²) < 4.78 is 102. The van der Waals surface area contributed by atoms with Gasteiger partial charge in [0.1, 0.15) is 50.7 Å². The molecule has 3 heterocycles. The first-order valence-corrected chi connectivity index (χ1v) is 31.2. The van der Waals surface area contributed by atoms with Gasteiger partial charge < -0.3 is 48.9 Å². The zero-order chi connectivity index (χ0) is 63.7. The van der Waals surface area contributed by atoms with Gasteiger partial charge in [-0.2, -0.15) is 9.10 Å². The van der Waals surface area contributed by atoms with Crippen molar-refractivity contribution in [3.63, 3.8) is 0 Å². The van der Waals surface area contributed by atoms with E-state index in [4.69, 9.17) is 33.5 Å². The number of aromatic nitrogens is 6. The number of amides is 3. The van der Waals surface area contributed by atoms with Crippen molar-refractivity contribution in [2.45, 2.75) is 107 Å². The number of sulfonamides is 2. The summed E-state index contributed by atoms with van der Waals surface area (Å²) in [6.45, 7) is 9.07. The molecular formula is C63H71N11O13S2. The standard InChI is InChI=1S/C63H71N11O13S2/c1-62(2,3)86-59(75)65-34-55-64-33-51(66-55)46-17-13-16-45(32-46)50-30-31-54(88(78,79)70-53-39-72(61(77)87-63(4,5)6)38-52(53)67-60(76)85-40-44-14-11-10-12-15-44)57(56(50)58-68-71-74(69-58)37-43-22-28-49(84-9)29-23-43)89(80,81)73(35-41-18-24-47(82-7)25-19-41)36-42-20-26-48(83-8)27-21-42/h10-33,52-53,70H,34-40H2,1-9H3,(H,64,66)(H,65,75)(H,67,76)/t52-,53-/m0/s1. The lowest BCUT2D eigenvalue weighted by atomic mass is 9.97. The van der Waals surface area contributed by atoms with Crippen molar-refractivity contribution >= 4 is 38.3 Å². The van der Waals surface area contributed by atoms with Crippen LogP contribution < -0.4 is 29.6 Å². The van der Waals surface area contributed by atoms with Crippen molar-refractivity contribution in [2.24, 2.45) is 0 Å². The minimum Gasteiger partial charge on any atom is -0.497 e. The maximum atomic E-state index is 16.7. The van der Waals surface area contributed by atoms with E-state index in [-0.39, 0.29) is 62.8 Å². The van der Waals surface area contributed by atoms with E-state index in [0.717, 1.165) is 9.87 Å². The molecule has 0 aliphatic carbocycles. The number of H-pyrrole nitrogens is 1. The number of methoxy groups -OCH3 is 3.